The quantitative estimate of drug-likeness (QED) is 0.795. The minimum absolute atomic E-state index is 0.298. The van der Waals surface area contributed by atoms with Crippen molar-refractivity contribution >= 4 is 5.91 Å². The van der Waals surface area contributed by atoms with Crippen LogP contribution in [-0.2, 0) is 4.79 Å². The first-order valence-corrected chi connectivity index (χ1v) is 8.95. The van der Waals surface area contributed by atoms with Gasteiger partial charge in [0.1, 0.15) is 0 Å². The standard InChI is InChI=1S/C20H28N2O/c1-2-13-22-16-12-19(8-9-20(22)23)21-14-10-18(11-15-21)17-6-4-3-5-7-17/h2-7,18-19H,1,8-16H2. The van der Waals surface area contributed by atoms with Gasteiger partial charge in [0.05, 0.1) is 0 Å². The molecule has 2 saturated heterocycles. The van der Waals surface area contributed by atoms with E-state index in [0.29, 0.717) is 30.8 Å². The third kappa shape index (κ3) is 4.03. The molecular weight excluding hydrogens is 284 g/mol. The minimum atomic E-state index is 0.298. The van der Waals surface area contributed by atoms with Gasteiger partial charge in [0.2, 0.25) is 5.91 Å². The van der Waals surface area contributed by atoms with E-state index in [-0.39, 0.29) is 0 Å². The summed E-state index contributed by atoms with van der Waals surface area (Å²) in [7, 11) is 0. The number of likely N-dealkylation sites (tertiary alicyclic amines) is 2. The largest absolute Gasteiger partial charge is 0.339 e. The van der Waals surface area contributed by atoms with Gasteiger partial charge in [0, 0.05) is 25.6 Å². The van der Waals surface area contributed by atoms with E-state index in [1.54, 1.807) is 0 Å². The van der Waals surface area contributed by atoms with E-state index in [0.717, 1.165) is 19.4 Å². The predicted molar refractivity (Wildman–Crippen MR) is 94.4 cm³/mol. The van der Waals surface area contributed by atoms with Crippen LogP contribution in [0.1, 0.15) is 43.6 Å². The number of benzene rings is 1. The van der Waals surface area contributed by atoms with Gasteiger partial charge in [-0.3, -0.25) is 4.79 Å². The van der Waals surface area contributed by atoms with Crippen LogP contribution in [0, 0.1) is 0 Å². The van der Waals surface area contributed by atoms with Gasteiger partial charge in [-0.05, 0) is 50.3 Å². The molecule has 2 aliphatic heterocycles. The van der Waals surface area contributed by atoms with E-state index < -0.39 is 0 Å². The van der Waals surface area contributed by atoms with Gasteiger partial charge in [-0.2, -0.15) is 0 Å². The molecule has 1 amide bonds. The Kier molecular flexibility index (Phi) is 5.50. The van der Waals surface area contributed by atoms with Gasteiger partial charge in [0.25, 0.3) is 0 Å². The topological polar surface area (TPSA) is 23.6 Å². The van der Waals surface area contributed by atoms with Crippen molar-refractivity contribution in [2.24, 2.45) is 0 Å². The number of hydrogen-bond acceptors (Lipinski definition) is 2. The second-order valence-electron chi connectivity index (χ2n) is 6.83. The Bertz CT molecular complexity index is 520. The highest BCUT2D eigenvalue weighted by molar-refractivity contribution is 5.76. The highest BCUT2D eigenvalue weighted by atomic mass is 16.2. The number of hydrogen-bond donors (Lipinski definition) is 0. The fraction of sp³-hybridized carbons (Fsp3) is 0.550. The Morgan fingerprint density at radius 2 is 1.78 bits per heavy atom. The molecule has 0 N–H and O–H groups in total. The third-order valence-corrected chi connectivity index (χ3v) is 5.44. The molecule has 0 radical (unpaired) electrons. The molecule has 0 bridgehead atoms. The molecule has 0 aromatic heterocycles. The molecule has 0 aliphatic carbocycles. The van der Waals surface area contributed by atoms with Crippen molar-refractivity contribution < 1.29 is 4.79 Å². The van der Waals surface area contributed by atoms with E-state index in [4.69, 9.17) is 0 Å². The molecule has 1 aromatic rings. The van der Waals surface area contributed by atoms with Crippen LogP contribution >= 0.6 is 0 Å². The number of carbonyl (C=O) groups excluding carboxylic acids is 1. The number of piperidine rings is 1. The number of rotatable bonds is 4. The molecule has 2 aliphatic rings. The first-order chi connectivity index (χ1) is 11.3. The van der Waals surface area contributed by atoms with Crippen molar-refractivity contribution in [3.8, 4) is 0 Å². The Labute approximate surface area is 140 Å². The van der Waals surface area contributed by atoms with Crippen LogP contribution in [0.15, 0.2) is 43.0 Å². The monoisotopic (exact) mass is 312 g/mol. The summed E-state index contributed by atoms with van der Waals surface area (Å²) in [5.41, 5.74) is 1.49. The van der Waals surface area contributed by atoms with Gasteiger partial charge in [-0.25, -0.2) is 0 Å². The Hall–Kier alpha value is -1.61. The van der Waals surface area contributed by atoms with Gasteiger partial charge < -0.3 is 9.80 Å². The average molecular weight is 312 g/mol. The van der Waals surface area contributed by atoms with Crippen LogP contribution in [0.2, 0.25) is 0 Å². The summed E-state index contributed by atoms with van der Waals surface area (Å²) in [6, 6.07) is 11.5. The lowest BCUT2D eigenvalue weighted by Crippen LogP contribution is -2.41. The van der Waals surface area contributed by atoms with Crippen LogP contribution in [0.25, 0.3) is 0 Å². The lowest BCUT2D eigenvalue weighted by Gasteiger charge is -2.37. The van der Waals surface area contributed by atoms with E-state index >= 15 is 0 Å². The lowest BCUT2D eigenvalue weighted by atomic mass is 9.88. The molecule has 1 unspecified atom stereocenters. The summed E-state index contributed by atoms with van der Waals surface area (Å²) in [6.45, 7) is 7.67. The lowest BCUT2D eigenvalue weighted by molar-refractivity contribution is -0.130. The molecule has 23 heavy (non-hydrogen) atoms. The van der Waals surface area contributed by atoms with Gasteiger partial charge in [0.15, 0.2) is 0 Å². The third-order valence-electron chi connectivity index (χ3n) is 5.44. The van der Waals surface area contributed by atoms with Crippen LogP contribution in [0.4, 0.5) is 0 Å². The average Bonchev–Trinajstić information content (AvgIpc) is 2.79. The molecule has 3 nitrogen and oxygen atoms in total. The van der Waals surface area contributed by atoms with Gasteiger partial charge in [-0.15, -0.1) is 6.58 Å². The summed E-state index contributed by atoms with van der Waals surface area (Å²) in [5, 5.41) is 0. The van der Waals surface area contributed by atoms with Crippen LogP contribution < -0.4 is 0 Å². The molecule has 1 atom stereocenters. The SMILES string of the molecule is C=CCN1CCC(N2CCC(c3ccccc3)CC2)CCC1=O. The Balaban J connectivity index is 1.53. The Morgan fingerprint density at radius 3 is 2.48 bits per heavy atom. The zero-order chi connectivity index (χ0) is 16.1. The van der Waals surface area contributed by atoms with Gasteiger partial charge >= 0.3 is 0 Å². The first kappa shape index (κ1) is 16.3. The van der Waals surface area contributed by atoms with Crippen molar-refractivity contribution in [2.45, 2.75) is 44.1 Å². The maximum absolute atomic E-state index is 12.1. The smallest absolute Gasteiger partial charge is 0.222 e. The maximum atomic E-state index is 12.1. The molecule has 2 fully saturated rings. The number of carbonyl (C=O) groups is 1. The minimum Gasteiger partial charge on any atom is -0.339 e. The number of nitrogens with zero attached hydrogens (tertiary/aromatic N) is 2. The molecular formula is C20H28N2O. The molecule has 3 rings (SSSR count). The van der Waals surface area contributed by atoms with Crippen molar-refractivity contribution in [3.63, 3.8) is 0 Å². The van der Waals surface area contributed by atoms with Crippen molar-refractivity contribution in [3.05, 3.63) is 48.6 Å². The van der Waals surface area contributed by atoms with Crippen LogP contribution in [0.5, 0.6) is 0 Å². The van der Waals surface area contributed by atoms with Crippen LogP contribution in [-0.4, -0.2) is 47.9 Å². The Morgan fingerprint density at radius 1 is 1.04 bits per heavy atom. The van der Waals surface area contributed by atoms with E-state index in [9.17, 15) is 4.79 Å². The molecule has 124 valence electrons. The van der Waals surface area contributed by atoms with Gasteiger partial charge in [-0.1, -0.05) is 36.4 Å². The summed E-state index contributed by atoms with van der Waals surface area (Å²) in [5.74, 6) is 1.00. The molecule has 0 saturated carbocycles. The highest BCUT2D eigenvalue weighted by Crippen LogP contribution is 2.30. The van der Waals surface area contributed by atoms with Crippen molar-refractivity contribution in [1.29, 1.82) is 0 Å². The molecule has 3 heteroatoms. The van der Waals surface area contributed by atoms with Crippen molar-refractivity contribution in [1.82, 2.24) is 9.80 Å². The summed E-state index contributed by atoms with van der Waals surface area (Å²) < 4.78 is 0. The second-order valence-corrected chi connectivity index (χ2v) is 6.83. The zero-order valence-corrected chi connectivity index (χ0v) is 14.0. The van der Waals surface area contributed by atoms with Crippen molar-refractivity contribution in [2.75, 3.05) is 26.2 Å². The maximum Gasteiger partial charge on any atom is 0.222 e. The highest BCUT2D eigenvalue weighted by Gasteiger charge is 2.29. The van der Waals surface area contributed by atoms with E-state index in [1.807, 2.05) is 11.0 Å². The second kappa shape index (κ2) is 7.78. The first-order valence-electron chi connectivity index (χ1n) is 8.95. The van der Waals surface area contributed by atoms with Crippen LogP contribution in [0.3, 0.4) is 0 Å². The number of amides is 1. The molecule has 2 heterocycles. The van der Waals surface area contributed by atoms with E-state index in [1.165, 1.54) is 31.5 Å². The predicted octanol–water partition coefficient (Wildman–Crippen LogP) is 3.43. The summed E-state index contributed by atoms with van der Waals surface area (Å²) in [6.07, 6.45) is 7.13. The fourth-order valence-corrected chi connectivity index (χ4v) is 4.06. The normalized spacial score (nSPS) is 24.4. The zero-order valence-electron chi connectivity index (χ0n) is 14.0. The molecule has 1 aromatic carbocycles. The molecule has 0 spiro atoms. The summed E-state index contributed by atoms with van der Waals surface area (Å²) >= 11 is 0. The summed E-state index contributed by atoms with van der Waals surface area (Å²) in [4.78, 5) is 16.7. The fourth-order valence-electron chi connectivity index (χ4n) is 4.06. The van der Waals surface area contributed by atoms with E-state index in [2.05, 4.69) is 41.8 Å².